The maximum Gasteiger partial charge on any atom is 0.221 e. The van der Waals surface area contributed by atoms with E-state index in [1.807, 2.05) is 30.3 Å². The van der Waals surface area contributed by atoms with Gasteiger partial charge in [-0.05, 0) is 23.7 Å². The number of nitrogens with zero attached hydrogens (tertiary/aromatic N) is 1. The third-order valence-electron chi connectivity index (χ3n) is 1.95. The molecule has 1 N–H and O–H groups in total. The molecule has 3 nitrogen and oxygen atoms in total. The summed E-state index contributed by atoms with van der Waals surface area (Å²) in [5.74, 6) is -0.0914. The molecule has 1 aromatic carbocycles. The first-order valence-corrected chi connectivity index (χ1v) is 5.80. The zero-order chi connectivity index (χ0) is 11.5. The highest BCUT2D eigenvalue weighted by Crippen LogP contribution is 2.26. The van der Waals surface area contributed by atoms with E-state index in [9.17, 15) is 4.79 Å². The second kappa shape index (κ2) is 4.63. The fourth-order valence-electron chi connectivity index (χ4n) is 1.26. The molecular formula is C11H9ClN2OS. The van der Waals surface area contributed by atoms with Crippen molar-refractivity contribution in [3.8, 4) is 11.3 Å². The minimum absolute atomic E-state index is 0.0914. The number of anilines is 1. The molecule has 0 atom stereocenters. The van der Waals surface area contributed by atoms with Gasteiger partial charge in [-0.25, -0.2) is 0 Å². The van der Waals surface area contributed by atoms with Gasteiger partial charge in [-0.15, -0.1) is 0 Å². The van der Waals surface area contributed by atoms with E-state index in [2.05, 4.69) is 9.69 Å². The van der Waals surface area contributed by atoms with E-state index in [-0.39, 0.29) is 5.91 Å². The maximum atomic E-state index is 10.9. The predicted molar refractivity (Wildman–Crippen MR) is 66.9 cm³/mol. The van der Waals surface area contributed by atoms with Crippen LogP contribution in [0, 0.1) is 0 Å². The Morgan fingerprint density at radius 1 is 1.38 bits per heavy atom. The number of benzene rings is 1. The summed E-state index contributed by atoms with van der Waals surface area (Å²) in [6.07, 6.45) is 0. The van der Waals surface area contributed by atoms with Crippen molar-refractivity contribution >= 4 is 34.0 Å². The summed E-state index contributed by atoms with van der Waals surface area (Å²) in [5.41, 5.74) is 1.82. The van der Waals surface area contributed by atoms with E-state index in [0.717, 1.165) is 16.3 Å². The number of halogens is 1. The number of carbonyl (C=O) groups excluding carboxylic acids is 1. The van der Waals surface area contributed by atoms with Gasteiger partial charge >= 0.3 is 0 Å². The molecule has 82 valence electrons. The summed E-state index contributed by atoms with van der Waals surface area (Å²) in [6, 6.07) is 9.27. The summed E-state index contributed by atoms with van der Waals surface area (Å²) in [6.45, 7) is 1.47. The summed E-state index contributed by atoms with van der Waals surface area (Å²) in [7, 11) is 0. The van der Waals surface area contributed by atoms with Crippen LogP contribution in [0.25, 0.3) is 11.3 Å². The molecule has 0 aliphatic rings. The smallest absolute Gasteiger partial charge is 0.221 e. The van der Waals surface area contributed by atoms with E-state index >= 15 is 0 Å². The van der Waals surface area contributed by atoms with Gasteiger partial charge in [0.2, 0.25) is 5.91 Å². The number of amides is 1. The Bertz CT molecular complexity index is 507. The first-order chi connectivity index (χ1) is 7.65. The van der Waals surface area contributed by atoms with Crippen LogP contribution in [-0.4, -0.2) is 10.3 Å². The lowest BCUT2D eigenvalue weighted by atomic mass is 10.1. The van der Waals surface area contributed by atoms with Crippen LogP contribution >= 0.6 is 23.1 Å². The Labute approximate surface area is 102 Å². The predicted octanol–water partition coefficient (Wildman–Crippen LogP) is 3.42. The van der Waals surface area contributed by atoms with Gasteiger partial charge in [-0.2, -0.15) is 4.37 Å². The van der Waals surface area contributed by atoms with Gasteiger partial charge in [0.15, 0.2) is 0 Å². The molecule has 0 bridgehead atoms. The molecule has 0 spiro atoms. The Hall–Kier alpha value is -1.39. The van der Waals surface area contributed by atoms with Crippen LogP contribution in [0.15, 0.2) is 30.3 Å². The summed E-state index contributed by atoms with van der Waals surface area (Å²) in [5, 5.41) is 4.14. The minimum atomic E-state index is -0.0914. The maximum absolute atomic E-state index is 10.9. The number of hydrogen-bond acceptors (Lipinski definition) is 3. The average Bonchev–Trinajstić information content (AvgIpc) is 2.66. The van der Waals surface area contributed by atoms with Crippen LogP contribution in [0.1, 0.15) is 6.92 Å². The van der Waals surface area contributed by atoms with Crippen LogP contribution < -0.4 is 5.32 Å². The van der Waals surface area contributed by atoms with Crippen molar-refractivity contribution in [2.24, 2.45) is 0 Å². The number of aromatic nitrogens is 1. The molecule has 1 heterocycles. The fourth-order valence-corrected chi connectivity index (χ4v) is 2.10. The lowest BCUT2D eigenvalue weighted by molar-refractivity contribution is -0.114. The normalized spacial score (nSPS) is 10.1. The lowest BCUT2D eigenvalue weighted by Crippen LogP contribution is -2.03. The van der Waals surface area contributed by atoms with Crippen molar-refractivity contribution in [2.75, 3.05) is 5.32 Å². The van der Waals surface area contributed by atoms with E-state index in [0.29, 0.717) is 5.02 Å². The summed E-state index contributed by atoms with van der Waals surface area (Å²) < 4.78 is 4.25. The van der Waals surface area contributed by atoms with Gasteiger partial charge in [-0.1, -0.05) is 23.7 Å². The molecule has 1 amide bonds. The average molecular weight is 253 g/mol. The first-order valence-electron chi connectivity index (χ1n) is 4.65. The molecule has 5 heteroatoms. The van der Waals surface area contributed by atoms with Gasteiger partial charge in [0.1, 0.15) is 5.00 Å². The standard InChI is InChI=1S/C11H9ClN2OS/c1-7(15)13-11-6-10(14-16-11)8-2-4-9(12)5-3-8/h2-6H,1H3,(H,13,15). The van der Waals surface area contributed by atoms with Crippen molar-refractivity contribution in [2.45, 2.75) is 6.92 Å². The van der Waals surface area contributed by atoms with E-state index < -0.39 is 0 Å². The molecule has 16 heavy (non-hydrogen) atoms. The molecule has 2 rings (SSSR count). The van der Waals surface area contributed by atoms with E-state index in [1.54, 1.807) is 0 Å². The van der Waals surface area contributed by atoms with Crippen LogP contribution in [0.2, 0.25) is 5.02 Å². The van der Waals surface area contributed by atoms with Gasteiger partial charge in [-0.3, -0.25) is 4.79 Å². The topological polar surface area (TPSA) is 42.0 Å². The van der Waals surface area contributed by atoms with E-state index in [4.69, 9.17) is 11.6 Å². The molecule has 2 aromatic rings. The molecular weight excluding hydrogens is 244 g/mol. The third-order valence-corrected chi connectivity index (χ3v) is 2.91. The summed E-state index contributed by atoms with van der Waals surface area (Å²) >= 11 is 7.06. The number of carbonyl (C=O) groups is 1. The van der Waals surface area contributed by atoms with Crippen molar-refractivity contribution < 1.29 is 4.79 Å². The number of rotatable bonds is 2. The van der Waals surface area contributed by atoms with E-state index in [1.165, 1.54) is 18.5 Å². The Morgan fingerprint density at radius 3 is 2.69 bits per heavy atom. The molecule has 0 aliphatic heterocycles. The highest BCUT2D eigenvalue weighted by molar-refractivity contribution is 7.10. The number of hydrogen-bond donors (Lipinski definition) is 1. The van der Waals surface area contributed by atoms with Crippen molar-refractivity contribution in [3.05, 3.63) is 35.4 Å². The quantitative estimate of drug-likeness (QED) is 0.890. The highest BCUT2D eigenvalue weighted by Gasteiger charge is 2.05. The zero-order valence-electron chi connectivity index (χ0n) is 8.53. The van der Waals surface area contributed by atoms with Crippen molar-refractivity contribution in [3.63, 3.8) is 0 Å². The molecule has 0 aliphatic carbocycles. The van der Waals surface area contributed by atoms with Gasteiger partial charge in [0, 0.05) is 23.6 Å². The SMILES string of the molecule is CC(=O)Nc1cc(-c2ccc(Cl)cc2)ns1. The highest BCUT2D eigenvalue weighted by atomic mass is 35.5. The first kappa shape index (κ1) is 11.1. The monoisotopic (exact) mass is 252 g/mol. The Balaban J connectivity index is 2.24. The molecule has 0 saturated heterocycles. The lowest BCUT2D eigenvalue weighted by Gasteiger charge is -1.95. The van der Waals surface area contributed by atoms with Crippen molar-refractivity contribution in [1.29, 1.82) is 0 Å². The number of nitrogens with one attached hydrogen (secondary N) is 1. The third kappa shape index (κ3) is 2.59. The minimum Gasteiger partial charge on any atom is -0.317 e. The second-order valence-corrected chi connectivity index (χ2v) is 4.51. The summed E-state index contributed by atoms with van der Waals surface area (Å²) in [4.78, 5) is 10.9. The van der Waals surface area contributed by atoms with Crippen LogP contribution in [-0.2, 0) is 4.79 Å². The molecule has 0 radical (unpaired) electrons. The Morgan fingerprint density at radius 2 is 2.06 bits per heavy atom. The fraction of sp³-hybridized carbons (Fsp3) is 0.0909. The molecule has 1 aromatic heterocycles. The molecule has 0 unspecified atom stereocenters. The van der Waals surface area contributed by atoms with Crippen LogP contribution in [0.3, 0.4) is 0 Å². The van der Waals surface area contributed by atoms with Gasteiger partial charge in [0.05, 0.1) is 5.69 Å². The van der Waals surface area contributed by atoms with Gasteiger partial charge in [0.25, 0.3) is 0 Å². The molecule has 0 fully saturated rings. The largest absolute Gasteiger partial charge is 0.317 e. The second-order valence-electron chi connectivity index (χ2n) is 3.26. The van der Waals surface area contributed by atoms with Crippen LogP contribution in [0.4, 0.5) is 5.00 Å². The van der Waals surface area contributed by atoms with Crippen LogP contribution in [0.5, 0.6) is 0 Å². The Kier molecular flexibility index (Phi) is 3.22. The zero-order valence-corrected chi connectivity index (χ0v) is 10.1. The van der Waals surface area contributed by atoms with Crippen molar-refractivity contribution in [1.82, 2.24) is 4.37 Å². The molecule has 0 saturated carbocycles. The van der Waals surface area contributed by atoms with Gasteiger partial charge < -0.3 is 5.32 Å².